The van der Waals surface area contributed by atoms with E-state index in [-0.39, 0.29) is 5.91 Å². The number of carbonyl (C=O) groups excluding carboxylic acids is 1. The summed E-state index contributed by atoms with van der Waals surface area (Å²) >= 11 is 0. The molecule has 1 saturated carbocycles. The Morgan fingerprint density at radius 3 is 2.68 bits per heavy atom. The van der Waals surface area contributed by atoms with Crippen molar-refractivity contribution in [3.8, 4) is 0 Å². The summed E-state index contributed by atoms with van der Waals surface area (Å²) in [6, 6.07) is 3.75. The van der Waals surface area contributed by atoms with Gasteiger partial charge in [0, 0.05) is 37.7 Å². The van der Waals surface area contributed by atoms with E-state index in [1.807, 2.05) is 19.1 Å². The highest BCUT2D eigenvalue weighted by molar-refractivity contribution is 5.93. The summed E-state index contributed by atoms with van der Waals surface area (Å²) in [5, 5.41) is 6.97. The number of nitrogens with zero attached hydrogens (tertiary/aromatic N) is 4. The molecular weight excluding hydrogens is 318 g/mol. The van der Waals surface area contributed by atoms with Crippen LogP contribution in [-0.2, 0) is 0 Å². The van der Waals surface area contributed by atoms with Crippen LogP contribution in [0.3, 0.4) is 0 Å². The smallest absolute Gasteiger partial charge is 0.252 e. The molecule has 1 aliphatic heterocycles. The predicted octanol–water partition coefficient (Wildman–Crippen LogP) is 2.48. The number of nitrogens with one attached hydrogen (secondary N) is 1. The molecule has 2 aromatic rings. The lowest BCUT2D eigenvalue weighted by Gasteiger charge is -2.31. The van der Waals surface area contributed by atoms with E-state index in [0.29, 0.717) is 23.9 Å². The lowest BCUT2D eigenvalue weighted by molar-refractivity contribution is 0.0955. The van der Waals surface area contributed by atoms with E-state index in [0.717, 1.165) is 43.5 Å². The predicted molar refractivity (Wildman–Crippen MR) is 92.7 cm³/mol. The number of amides is 1. The maximum absolute atomic E-state index is 11.8. The standard InChI is InChI=1S/C18H23N5O2/c1-2-19-17(24)14-5-6-15(20-11-14)23-9-7-12(8-10-23)16-21-18(25-22-16)13-3-4-13/h5-6,11-13H,2-4,7-10H2,1H3,(H,19,24). The Labute approximate surface area is 146 Å². The molecule has 2 aromatic heterocycles. The molecule has 0 bridgehead atoms. The highest BCUT2D eigenvalue weighted by Crippen LogP contribution is 2.39. The summed E-state index contributed by atoms with van der Waals surface area (Å²) in [6.45, 7) is 4.34. The molecule has 2 fully saturated rings. The average molecular weight is 341 g/mol. The molecule has 25 heavy (non-hydrogen) atoms. The van der Waals surface area contributed by atoms with E-state index in [1.165, 1.54) is 12.8 Å². The van der Waals surface area contributed by atoms with Gasteiger partial charge in [0.2, 0.25) is 5.89 Å². The van der Waals surface area contributed by atoms with Gasteiger partial charge >= 0.3 is 0 Å². The van der Waals surface area contributed by atoms with Crippen molar-refractivity contribution in [2.45, 2.75) is 44.4 Å². The Bertz CT molecular complexity index is 730. The minimum absolute atomic E-state index is 0.0798. The zero-order chi connectivity index (χ0) is 17.2. The largest absolute Gasteiger partial charge is 0.357 e. The number of piperidine rings is 1. The Hall–Kier alpha value is -2.44. The number of hydrogen-bond acceptors (Lipinski definition) is 6. The van der Waals surface area contributed by atoms with E-state index in [1.54, 1.807) is 6.20 Å². The molecule has 2 aliphatic rings. The van der Waals surface area contributed by atoms with Crippen LogP contribution in [0.5, 0.6) is 0 Å². The molecule has 1 amide bonds. The first kappa shape index (κ1) is 16.1. The van der Waals surface area contributed by atoms with Gasteiger partial charge in [0.1, 0.15) is 5.82 Å². The minimum atomic E-state index is -0.0798. The topological polar surface area (TPSA) is 84.2 Å². The van der Waals surface area contributed by atoms with E-state index in [4.69, 9.17) is 4.52 Å². The van der Waals surface area contributed by atoms with Gasteiger partial charge in [-0.2, -0.15) is 4.98 Å². The van der Waals surface area contributed by atoms with Gasteiger partial charge < -0.3 is 14.7 Å². The van der Waals surface area contributed by atoms with Gasteiger partial charge in [0.25, 0.3) is 5.91 Å². The fourth-order valence-electron chi connectivity index (χ4n) is 3.25. The fourth-order valence-corrected chi connectivity index (χ4v) is 3.25. The molecule has 0 spiro atoms. The molecule has 1 saturated heterocycles. The van der Waals surface area contributed by atoms with Crippen LogP contribution in [0.4, 0.5) is 5.82 Å². The van der Waals surface area contributed by atoms with E-state index in [2.05, 4.69) is 25.3 Å². The van der Waals surface area contributed by atoms with Gasteiger partial charge in [-0.05, 0) is 44.7 Å². The number of aromatic nitrogens is 3. The van der Waals surface area contributed by atoms with Crippen LogP contribution in [0.25, 0.3) is 0 Å². The van der Waals surface area contributed by atoms with Gasteiger partial charge in [-0.3, -0.25) is 4.79 Å². The van der Waals surface area contributed by atoms with Crippen LogP contribution in [0.15, 0.2) is 22.9 Å². The van der Waals surface area contributed by atoms with Crippen molar-refractivity contribution >= 4 is 11.7 Å². The van der Waals surface area contributed by atoms with Crippen LogP contribution in [-0.4, -0.2) is 40.7 Å². The molecule has 0 unspecified atom stereocenters. The van der Waals surface area contributed by atoms with Gasteiger partial charge in [-0.15, -0.1) is 0 Å². The van der Waals surface area contributed by atoms with Crippen LogP contribution >= 0.6 is 0 Å². The summed E-state index contributed by atoms with van der Waals surface area (Å²) < 4.78 is 5.38. The number of pyridine rings is 1. The minimum Gasteiger partial charge on any atom is -0.357 e. The Kier molecular flexibility index (Phi) is 4.38. The van der Waals surface area contributed by atoms with Gasteiger partial charge in [0.15, 0.2) is 5.82 Å². The molecule has 1 N–H and O–H groups in total. The van der Waals surface area contributed by atoms with Crippen molar-refractivity contribution in [2.24, 2.45) is 0 Å². The molecule has 0 radical (unpaired) electrons. The van der Waals surface area contributed by atoms with E-state index < -0.39 is 0 Å². The lowest BCUT2D eigenvalue weighted by Crippen LogP contribution is -2.33. The molecule has 1 aliphatic carbocycles. The second-order valence-electron chi connectivity index (χ2n) is 6.79. The third-order valence-electron chi connectivity index (χ3n) is 4.92. The summed E-state index contributed by atoms with van der Waals surface area (Å²) in [5.74, 6) is 3.39. The third-order valence-corrected chi connectivity index (χ3v) is 4.92. The van der Waals surface area contributed by atoms with Gasteiger partial charge in [0.05, 0.1) is 5.56 Å². The first-order chi connectivity index (χ1) is 12.2. The average Bonchev–Trinajstić information content (AvgIpc) is 3.39. The van der Waals surface area contributed by atoms with Crippen molar-refractivity contribution in [1.29, 1.82) is 0 Å². The van der Waals surface area contributed by atoms with Gasteiger partial charge in [-0.1, -0.05) is 5.16 Å². The highest BCUT2D eigenvalue weighted by atomic mass is 16.5. The zero-order valence-corrected chi connectivity index (χ0v) is 14.4. The molecule has 7 heteroatoms. The number of carbonyl (C=O) groups is 1. The summed E-state index contributed by atoms with van der Waals surface area (Å²) in [6.07, 6.45) is 5.98. The first-order valence-electron chi connectivity index (χ1n) is 9.07. The lowest BCUT2D eigenvalue weighted by atomic mass is 9.96. The molecule has 3 heterocycles. The highest BCUT2D eigenvalue weighted by Gasteiger charge is 2.32. The monoisotopic (exact) mass is 341 g/mol. The quantitative estimate of drug-likeness (QED) is 0.899. The maximum atomic E-state index is 11.8. The first-order valence-corrected chi connectivity index (χ1v) is 9.07. The fraction of sp³-hybridized carbons (Fsp3) is 0.556. The Morgan fingerprint density at radius 2 is 2.04 bits per heavy atom. The van der Waals surface area contributed by atoms with E-state index >= 15 is 0 Å². The second-order valence-corrected chi connectivity index (χ2v) is 6.79. The number of rotatable bonds is 5. The van der Waals surface area contributed by atoms with Gasteiger partial charge in [-0.25, -0.2) is 4.98 Å². The molecular formula is C18H23N5O2. The van der Waals surface area contributed by atoms with Crippen molar-refractivity contribution in [1.82, 2.24) is 20.4 Å². The second kappa shape index (κ2) is 6.82. The Balaban J connectivity index is 1.35. The molecule has 0 aromatic carbocycles. The van der Waals surface area contributed by atoms with Crippen molar-refractivity contribution in [3.63, 3.8) is 0 Å². The summed E-state index contributed by atoms with van der Waals surface area (Å²) in [7, 11) is 0. The molecule has 4 rings (SSSR count). The zero-order valence-electron chi connectivity index (χ0n) is 14.4. The van der Waals surface area contributed by atoms with Crippen LogP contribution in [0.1, 0.15) is 66.5 Å². The van der Waals surface area contributed by atoms with E-state index in [9.17, 15) is 4.79 Å². The third kappa shape index (κ3) is 3.50. The number of anilines is 1. The normalized spacial score (nSPS) is 18.4. The molecule has 7 nitrogen and oxygen atoms in total. The van der Waals surface area contributed by atoms with Crippen LogP contribution in [0.2, 0.25) is 0 Å². The van der Waals surface area contributed by atoms with Crippen molar-refractivity contribution in [3.05, 3.63) is 35.6 Å². The van der Waals surface area contributed by atoms with Crippen LogP contribution in [0, 0.1) is 0 Å². The van der Waals surface area contributed by atoms with Crippen LogP contribution < -0.4 is 10.2 Å². The van der Waals surface area contributed by atoms with Crippen molar-refractivity contribution < 1.29 is 9.32 Å². The molecule has 0 atom stereocenters. The number of hydrogen-bond donors (Lipinski definition) is 1. The van der Waals surface area contributed by atoms with Crippen molar-refractivity contribution in [2.75, 3.05) is 24.5 Å². The summed E-state index contributed by atoms with van der Waals surface area (Å²) in [4.78, 5) is 23.1. The Morgan fingerprint density at radius 1 is 1.24 bits per heavy atom. The molecule has 132 valence electrons. The SMILES string of the molecule is CCNC(=O)c1ccc(N2CCC(c3noc(C4CC4)n3)CC2)nc1. The maximum Gasteiger partial charge on any atom is 0.252 e. The summed E-state index contributed by atoms with van der Waals surface area (Å²) in [5.41, 5.74) is 0.597.